The zero-order chi connectivity index (χ0) is 12.3. The van der Waals surface area contributed by atoms with Gasteiger partial charge < -0.3 is 0 Å². The fourth-order valence-electron chi connectivity index (χ4n) is 1.34. The van der Waals surface area contributed by atoms with E-state index in [0.29, 0.717) is 0 Å². The first-order valence-electron chi connectivity index (χ1n) is 5.64. The molecular formula is C16H17Br. The summed E-state index contributed by atoms with van der Waals surface area (Å²) in [5.41, 5.74) is 2.57. The highest BCUT2D eigenvalue weighted by atomic mass is 79.9. The van der Waals surface area contributed by atoms with Crippen LogP contribution in [0.5, 0.6) is 0 Å². The quantitative estimate of drug-likeness (QED) is 0.701. The summed E-state index contributed by atoms with van der Waals surface area (Å²) in [6.07, 6.45) is 2.96. The van der Waals surface area contributed by atoms with Gasteiger partial charge >= 0.3 is 0 Å². The van der Waals surface area contributed by atoms with Crippen molar-refractivity contribution < 1.29 is 0 Å². The molecule has 0 heterocycles. The molecule has 0 radical (unpaired) electrons. The number of hydrogen-bond donors (Lipinski definition) is 0. The molecule has 0 unspecified atom stereocenters. The number of aryl methyl sites for hydroxylation is 1. The largest absolute Gasteiger partial charge is 0.0985 e. The second-order valence-corrected chi connectivity index (χ2v) is 4.33. The van der Waals surface area contributed by atoms with E-state index >= 15 is 0 Å². The Hall–Kier alpha value is -1.34. The first kappa shape index (κ1) is 13.7. The molecule has 0 saturated heterocycles. The van der Waals surface area contributed by atoms with E-state index in [2.05, 4.69) is 46.8 Å². The highest BCUT2D eigenvalue weighted by Gasteiger charge is 1.85. The van der Waals surface area contributed by atoms with Crippen molar-refractivity contribution in [1.29, 1.82) is 0 Å². The Morgan fingerprint density at radius 1 is 0.882 bits per heavy atom. The first-order chi connectivity index (χ1) is 8.36. The van der Waals surface area contributed by atoms with Crippen LogP contribution in [-0.2, 0) is 6.42 Å². The van der Waals surface area contributed by atoms with Crippen LogP contribution in [0.1, 0.15) is 11.1 Å². The van der Waals surface area contributed by atoms with Gasteiger partial charge in [-0.2, -0.15) is 0 Å². The lowest BCUT2D eigenvalue weighted by molar-refractivity contribution is 1.17. The maximum atomic E-state index is 3.63. The first-order valence-corrected chi connectivity index (χ1v) is 6.76. The summed E-state index contributed by atoms with van der Waals surface area (Å²) in [7, 11) is 0. The Morgan fingerprint density at radius 2 is 1.41 bits per heavy atom. The maximum absolute atomic E-state index is 3.63. The van der Waals surface area contributed by atoms with Gasteiger partial charge in [0.25, 0.3) is 0 Å². The third kappa shape index (κ3) is 6.08. The number of rotatable bonds is 3. The summed E-state index contributed by atoms with van der Waals surface area (Å²) in [6, 6.07) is 20.5. The Morgan fingerprint density at radius 3 is 1.82 bits per heavy atom. The Kier molecular flexibility index (Phi) is 7.08. The number of halogens is 1. The van der Waals surface area contributed by atoms with Gasteiger partial charge in [-0.3, -0.25) is 0 Å². The predicted octanol–water partition coefficient (Wildman–Crippen LogP) is 4.95. The molecule has 2 rings (SSSR count). The standard InChI is InChI=1S/C8H9Br.C8H8/c9-7-6-8-4-2-1-3-5-8;1-2-8-6-4-3-5-7-8/h1-5H,6-7H2;2-7H,1H2. The third-order valence-electron chi connectivity index (χ3n) is 2.26. The van der Waals surface area contributed by atoms with Crippen LogP contribution >= 0.6 is 15.9 Å². The second-order valence-electron chi connectivity index (χ2n) is 3.54. The molecule has 88 valence electrons. The molecule has 1 heteroatoms. The number of benzene rings is 2. The minimum absolute atomic E-state index is 1.05. The van der Waals surface area contributed by atoms with Crippen LogP contribution in [0.15, 0.2) is 67.2 Å². The topological polar surface area (TPSA) is 0 Å². The van der Waals surface area contributed by atoms with Gasteiger partial charge in [0, 0.05) is 5.33 Å². The summed E-state index contributed by atoms with van der Waals surface area (Å²) >= 11 is 3.39. The summed E-state index contributed by atoms with van der Waals surface area (Å²) < 4.78 is 0. The summed E-state index contributed by atoms with van der Waals surface area (Å²) in [5, 5.41) is 1.05. The predicted molar refractivity (Wildman–Crippen MR) is 80.5 cm³/mol. The van der Waals surface area contributed by atoms with E-state index in [9.17, 15) is 0 Å². The van der Waals surface area contributed by atoms with Crippen LogP contribution in [0, 0.1) is 0 Å². The van der Waals surface area contributed by atoms with Gasteiger partial charge in [0.1, 0.15) is 0 Å². The zero-order valence-electron chi connectivity index (χ0n) is 9.85. The zero-order valence-corrected chi connectivity index (χ0v) is 11.4. The van der Waals surface area contributed by atoms with Gasteiger partial charge in [-0.1, -0.05) is 89.2 Å². The maximum Gasteiger partial charge on any atom is 0.00718 e. The number of hydrogen-bond acceptors (Lipinski definition) is 0. The molecule has 17 heavy (non-hydrogen) atoms. The smallest absolute Gasteiger partial charge is 0.00718 e. The van der Waals surface area contributed by atoms with Crippen molar-refractivity contribution in [2.75, 3.05) is 5.33 Å². The van der Waals surface area contributed by atoms with Crippen molar-refractivity contribution in [3.8, 4) is 0 Å². The van der Waals surface area contributed by atoms with Gasteiger partial charge in [-0.15, -0.1) is 0 Å². The van der Waals surface area contributed by atoms with Crippen LogP contribution in [0.3, 0.4) is 0 Å². The monoisotopic (exact) mass is 288 g/mol. The highest BCUT2D eigenvalue weighted by molar-refractivity contribution is 9.09. The fraction of sp³-hybridized carbons (Fsp3) is 0.125. The molecule has 0 atom stereocenters. The van der Waals surface area contributed by atoms with E-state index in [-0.39, 0.29) is 0 Å². The molecule has 0 aliphatic rings. The lowest BCUT2D eigenvalue weighted by atomic mass is 10.2. The van der Waals surface area contributed by atoms with Gasteiger partial charge in [-0.05, 0) is 17.5 Å². The molecule has 0 fully saturated rings. The van der Waals surface area contributed by atoms with Crippen molar-refractivity contribution >= 4 is 22.0 Å². The van der Waals surface area contributed by atoms with E-state index < -0.39 is 0 Å². The van der Waals surface area contributed by atoms with Crippen LogP contribution in [0.2, 0.25) is 0 Å². The summed E-state index contributed by atoms with van der Waals surface area (Å²) in [5.74, 6) is 0. The van der Waals surface area contributed by atoms with Crippen molar-refractivity contribution in [3.63, 3.8) is 0 Å². The molecule has 0 aromatic heterocycles. The van der Waals surface area contributed by atoms with Crippen molar-refractivity contribution in [3.05, 3.63) is 78.4 Å². The van der Waals surface area contributed by atoms with Crippen molar-refractivity contribution in [2.45, 2.75) is 6.42 Å². The third-order valence-corrected chi connectivity index (χ3v) is 2.66. The van der Waals surface area contributed by atoms with Gasteiger partial charge in [0.2, 0.25) is 0 Å². The Bertz CT molecular complexity index is 406. The highest BCUT2D eigenvalue weighted by Crippen LogP contribution is 2.00. The number of alkyl halides is 1. The molecule has 0 aliphatic heterocycles. The molecule has 2 aromatic carbocycles. The van der Waals surface area contributed by atoms with Crippen LogP contribution < -0.4 is 0 Å². The lowest BCUT2D eigenvalue weighted by Gasteiger charge is -1.92. The van der Waals surface area contributed by atoms with Gasteiger partial charge in [-0.25, -0.2) is 0 Å². The van der Waals surface area contributed by atoms with Gasteiger partial charge in [0.05, 0.1) is 0 Å². The van der Waals surface area contributed by atoms with E-state index in [0.717, 1.165) is 11.8 Å². The molecule has 0 saturated carbocycles. The SMILES string of the molecule is BrCCc1ccccc1.C=Cc1ccccc1. The van der Waals surface area contributed by atoms with Crippen molar-refractivity contribution in [2.24, 2.45) is 0 Å². The molecular weight excluding hydrogens is 272 g/mol. The van der Waals surface area contributed by atoms with E-state index in [1.165, 1.54) is 11.1 Å². The van der Waals surface area contributed by atoms with Crippen LogP contribution in [0.4, 0.5) is 0 Å². The van der Waals surface area contributed by atoms with E-state index in [1.807, 2.05) is 42.5 Å². The molecule has 0 aliphatic carbocycles. The average Bonchev–Trinajstić information content (AvgIpc) is 2.42. The van der Waals surface area contributed by atoms with Crippen LogP contribution in [-0.4, -0.2) is 5.33 Å². The summed E-state index contributed by atoms with van der Waals surface area (Å²) in [6.45, 7) is 3.63. The molecule has 0 amide bonds. The minimum Gasteiger partial charge on any atom is -0.0985 e. The molecule has 2 aromatic rings. The molecule has 0 bridgehead atoms. The molecule has 0 spiro atoms. The average molecular weight is 289 g/mol. The normalized spacial score (nSPS) is 9.00. The van der Waals surface area contributed by atoms with Gasteiger partial charge in [0.15, 0.2) is 0 Å². The fourth-order valence-corrected chi connectivity index (χ4v) is 1.80. The lowest BCUT2D eigenvalue weighted by Crippen LogP contribution is -1.82. The summed E-state index contributed by atoms with van der Waals surface area (Å²) in [4.78, 5) is 0. The van der Waals surface area contributed by atoms with Crippen molar-refractivity contribution in [1.82, 2.24) is 0 Å². The second kappa shape index (κ2) is 8.77. The van der Waals surface area contributed by atoms with E-state index in [4.69, 9.17) is 0 Å². The Labute approximate surface area is 112 Å². The molecule has 0 nitrogen and oxygen atoms in total. The van der Waals surface area contributed by atoms with E-state index in [1.54, 1.807) is 0 Å². The molecule has 0 N–H and O–H groups in total. The Balaban J connectivity index is 0.000000171. The van der Waals surface area contributed by atoms with Crippen LogP contribution in [0.25, 0.3) is 6.08 Å². The minimum atomic E-state index is 1.05.